The maximum atomic E-state index is 6.29. The molecule has 1 aliphatic carbocycles. The Morgan fingerprint density at radius 1 is 1.16 bits per heavy atom. The molecule has 106 valence electrons. The number of halogens is 1. The van der Waals surface area contributed by atoms with Crippen LogP contribution in [0.25, 0.3) is 0 Å². The van der Waals surface area contributed by atoms with Crippen molar-refractivity contribution in [2.45, 2.75) is 38.3 Å². The van der Waals surface area contributed by atoms with Gasteiger partial charge >= 0.3 is 0 Å². The highest BCUT2D eigenvalue weighted by Crippen LogP contribution is 2.38. The third-order valence-corrected chi connectivity index (χ3v) is 5.01. The van der Waals surface area contributed by atoms with Crippen LogP contribution in [0.4, 0.5) is 0 Å². The minimum atomic E-state index is 0. The Kier molecular flexibility index (Phi) is 4.88. The van der Waals surface area contributed by atoms with Gasteiger partial charge in [0, 0.05) is 25.2 Å². The molecule has 3 rings (SSSR count). The van der Waals surface area contributed by atoms with Gasteiger partial charge in [-0.1, -0.05) is 36.8 Å². The zero-order valence-corrected chi connectivity index (χ0v) is 12.5. The van der Waals surface area contributed by atoms with Crippen LogP contribution in [0.2, 0.25) is 0 Å². The van der Waals surface area contributed by atoms with E-state index in [2.05, 4.69) is 42.2 Å². The van der Waals surface area contributed by atoms with Gasteiger partial charge in [-0.15, -0.1) is 12.4 Å². The lowest BCUT2D eigenvalue weighted by Crippen LogP contribution is -2.38. The fourth-order valence-corrected chi connectivity index (χ4v) is 3.81. The average Bonchev–Trinajstić information content (AvgIpc) is 2.84. The van der Waals surface area contributed by atoms with Gasteiger partial charge in [-0.2, -0.15) is 0 Å². The predicted octanol–water partition coefficient (Wildman–Crippen LogP) is 3.23. The Morgan fingerprint density at radius 2 is 1.89 bits per heavy atom. The standard InChI is InChI=1S/C16H24N2.ClH/c1-12(13-6-3-2-4-7-13)18-10-14-8-5-9-16(17)15(14)11-18;/h2-4,6-7,12,14-16H,5,8-11,17H2,1H3;1H. The van der Waals surface area contributed by atoms with Crippen LogP contribution in [0.3, 0.4) is 0 Å². The van der Waals surface area contributed by atoms with Gasteiger partial charge in [0.05, 0.1) is 0 Å². The first kappa shape index (κ1) is 14.8. The van der Waals surface area contributed by atoms with E-state index in [1.54, 1.807) is 0 Å². The van der Waals surface area contributed by atoms with Crippen molar-refractivity contribution < 1.29 is 0 Å². The second-order valence-electron chi connectivity index (χ2n) is 6.06. The van der Waals surface area contributed by atoms with Gasteiger partial charge in [0.1, 0.15) is 0 Å². The summed E-state index contributed by atoms with van der Waals surface area (Å²) >= 11 is 0. The number of rotatable bonds is 2. The highest BCUT2D eigenvalue weighted by atomic mass is 35.5. The van der Waals surface area contributed by atoms with E-state index >= 15 is 0 Å². The second-order valence-corrected chi connectivity index (χ2v) is 6.06. The first-order valence-corrected chi connectivity index (χ1v) is 7.30. The SMILES string of the molecule is CC(c1ccccc1)N1CC2CCCC(N)C2C1.Cl. The molecule has 0 amide bonds. The van der Waals surface area contributed by atoms with E-state index < -0.39 is 0 Å². The molecule has 1 aromatic carbocycles. The zero-order valence-electron chi connectivity index (χ0n) is 11.7. The third-order valence-electron chi connectivity index (χ3n) is 5.01. The summed E-state index contributed by atoms with van der Waals surface area (Å²) in [5.74, 6) is 1.59. The van der Waals surface area contributed by atoms with Gasteiger partial charge in [0.2, 0.25) is 0 Å². The van der Waals surface area contributed by atoms with E-state index in [0.29, 0.717) is 12.1 Å². The van der Waals surface area contributed by atoms with Crippen molar-refractivity contribution in [3.05, 3.63) is 35.9 Å². The van der Waals surface area contributed by atoms with Crippen molar-refractivity contribution in [3.8, 4) is 0 Å². The summed E-state index contributed by atoms with van der Waals surface area (Å²) in [7, 11) is 0. The van der Waals surface area contributed by atoms with Gasteiger partial charge in [0.15, 0.2) is 0 Å². The molecular formula is C16H25ClN2. The normalized spacial score (nSPS) is 32.4. The molecule has 1 aliphatic heterocycles. The van der Waals surface area contributed by atoms with Crippen LogP contribution in [-0.2, 0) is 0 Å². The quantitative estimate of drug-likeness (QED) is 0.901. The molecule has 1 saturated heterocycles. The smallest absolute Gasteiger partial charge is 0.0320 e. The molecule has 2 nitrogen and oxygen atoms in total. The molecule has 2 fully saturated rings. The molecule has 2 N–H and O–H groups in total. The van der Waals surface area contributed by atoms with Crippen LogP contribution in [0.1, 0.15) is 37.8 Å². The van der Waals surface area contributed by atoms with Crippen molar-refractivity contribution in [2.24, 2.45) is 17.6 Å². The van der Waals surface area contributed by atoms with Crippen molar-refractivity contribution in [1.29, 1.82) is 0 Å². The lowest BCUT2D eigenvalue weighted by molar-refractivity contribution is 0.245. The van der Waals surface area contributed by atoms with Crippen LogP contribution in [0.15, 0.2) is 30.3 Å². The molecule has 19 heavy (non-hydrogen) atoms. The molecule has 1 saturated carbocycles. The minimum absolute atomic E-state index is 0. The molecule has 1 aromatic rings. The largest absolute Gasteiger partial charge is 0.327 e. The zero-order chi connectivity index (χ0) is 12.5. The van der Waals surface area contributed by atoms with Crippen LogP contribution in [0.5, 0.6) is 0 Å². The number of nitrogens with two attached hydrogens (primary N) is 1. The van der Waals surface area contributed by atoms with Crippen molar-refractivity contribution >= 4 is 12.4 Å². The Morgan fingerprint density at radius 3 is 2.58 bits per heavy atom. The summed E-state index contributed by atoms with van der Waals surface area (Å²) < 4.78 is 0. The lowest BCUT2D eigenvalue weighted by Gasteiger charge is -2.30. The molecule has 0 bridgehead atoms. The molecule has 0 spiro atoms. The maximum absolute atomic E-state index is 6.29. The number of likely N-dealkylation sites (tertiary alicyclic amines) is 1. The van der Waals surface area contributed by atoms with Crippen molar-refractivity contribution in [2.75, 3.05) is 13.1 Å². The summed E-state index contributed by atoms with van der Waals surface area (Å²) in [5, 5.41) is 0. The average molecular weight is 281 g/mol. The molecule has 0 radical (unpaired) electrons. The van der Waals surface area contributed by atoms with E-state index in [-0.39, 0.29) is 12.4 Å². The number of hydrogen-bond donors (Lipinski definition) is 1. The Bertz CT molecular complexity index is 395. The second kappa shape index (κ2) is 6.25. The van der Waals surface area contributed by atoms with Gasteiger partial charge in [-0.3, -0.25) is 4.90 Å². The number of nitrogens with zero attached hydrogens (tertiary/aromatic N) is 1. The molecule has 1 heterocycles. The maximum Gasteiger partial charge on any atom is 0.0320 e. The van der Waals surface area contributed by atoms with Crippen LogP contribution in [-0.4, -0.2) is 24.0 Å². The number of fused-ring (bicyclic) bond motifs is 1. The predicted molar refractivity (Wildman–Crippen MR) is 82.5 cm³/mol. The first-order chi connectivity index (χ1) is 8.75. The summed E-state index contributed by atoms with van der Waals surface area (Å²) in [6.45, 7) is 4.77. The van der Waals surface area contributed by atoms with Gasteiger partial charge < -0.3 is 5.73 Å². The fraction of sp³-hybridized carbons (Fsp3) is 0.625. The van der Waals surface area contributed by atoms with Crippen LogP contribution >= 0.6 is 12.4 Å². The summed E-state index contributed by atoms with van der Waals surface area (Å²) in [4.78, 5) is 2.63. The molecule has 3 heteroatoms. The highest BCUT2D eigenvalue weighted by Gasteiger charge is 2.40. The molecule has 0 aromatic heterocycles. The van der Waals surface area contributed by atoms with Gasteiger partial charge in [0.25, 0.3) is 0 Å². The number of hydrogen-bond acceptors (Lipinski definition) is 2. The Hall–Kier alpha value is -0.570. The van der Waals surface area contributed by atoms with Crippen molar-refractivity contribution in [1.82, 2.24) is 4.90 Å². The number of benzene rings is 1. The molecular weight excluding hydrogens is 256 g/mol. The lowest BCUT2D eigenvalue weighted by atomic mass is 9.78. The minimum Gasteiger partial charge on any atom is -0.327 e. The van der Waals surface area contributed by atoms with Gasteiger partial charge in [-0.05, 0) is 37.2 Å². The van der Waals surface area contributed by atoms with Gasteiger partial charge in [-0.25, -0.2) is 0 Å². The molecule has 4 atom stereocenters. The van der Waals surface area contributed by atoms with E-state index in [1.807, 2.05) is 0 Å². The van der Waals surface area contributed by atoms with E-state index in [9.17, 15) is 0 Å². The van der Waals surface area contributed by atoms with Crippen LogP contribution < -0.4 is 5.73 Å². The van der Waals surface area contributed by atoms with Crippen molar-refractivity contribution in [3.63, 3.8) is 0 Å². The fourth-order valence-electron chi connectivity index (χ4n) is 3.81. The topological polar surface area (TPSA) is 29.3 Å². The first-order valence-electron chi connectivity index (χ1n) is 7.30. The van der Waals surface area contributed by atoms with E-state index in [0.717, 1.165) is 11.8 Å². The third kappa shape index (κ3) is 2.96. The summed E-state index contributed by atoms with van der Waals surface area (Å²) in [6.07, 6.45) is 3.95. The molecule has 2 aliphatic rings. The van der Waals surface area contributed by atoms with E-state index in [4.69, 9.17) is 5.73 Å². The summed E-state index contributed by atoms with van der Waals surface area (Å²) in [6, 6.07) is 11.8. The summed E-state index contributed by atoms with van der Waals surface area (Å²) in [5.41, 5.74) is 7.73. The Balaban J connectivity index is 0.00000133. The molecule has 4 unspecified atom stereocenters. The monoisotopic (exact) mass is 280 g/mol. The Labute approximate surface area is 122 Å². The highest BCUT2D eigenvalue weighted by molar-refractivity contribution is 5.85. The van der Waals surface area contributed by atoms with E-state index in [1.165, 1.54) is 37.9 Å². The van der Waals surface area contributed by atoms with Crippen LogP contribution in [0, 0.1) is 11.8 Å².